The van der Waals surface area contributed by atoms with Gasteiger partial charge in [-0.2, -0.15) is 10.4 Å². The minimum absolute atomic E-state index is 0.276. The van der Waals surface area contributed by atoms with Crippen LogP contribution in [0.1, 0.15) is 58.1 Å². The monoisotopic (exact) mass is 275 g/mol. The molecule has 1 aliphatic heterocycles. The SMILES string of the molecule is CCC(CC)n1nc(N2CCCC(C)C2)c(C#N)c1N. The maximum Gasteiger partial charge on any atom is 0.170 e. The number of piperidine rings is 1. The second-order valence-corrected chi connectivity index (χ2v) is 5.80. The first kappa shape index (κ1) is 14.7. The zero-order valence-corrected chi connectivity index (χ0v) is 12.8. The van der Waals surface area contributed by atoms with E-state index in [1.165, 1.54) is 6.42 Å². The summed E-state index contributed by atoms with van der Waals surface area (Å²) in [5.74, 6) is 1.95. The van der Waals surface area contributed by atoms with E-state index < -0.39 is 0 Å². The van der Waals surface area contributed by atoms with E-state index >= 15 is 0 Å². The number of nitrogens with two attached hydrogens (primary N) is 1. The van der Waals surface area contributed by atoms with Crippen LogP contribution in [-0.4, -0.2) is 22.9 Å². The Hall–Kier alpha value is -1.70. The average Bonchev–Trinajstić information content (AvgIpc) is 2.78. The molecule has 2 rings (SSSR count). The van der Waals surface area contributed by atoms with Gasteiger partial charge < -0.3 is 10.6 Å². The maximum absolute atomic E-state index is 9.43. The summed E-state index contributed by atoms with van der Waals surface area (Å²) >= 11 is 0. The third kappa shape index (κ3) is 2.60. The third-order valence-corrected chi connectivity index (χ3v) is 4.29. The molecule has 0 spiro atoms. The molecule has 2 N–H and O–H groups in total. The van der Waals surface area contributed by atoms with E-state index in [1.54, 1.807) is 0 Å². The van der Waals surface area contributed by atoms with Gasteiger partial charge >= 0.3 is 0 Å². The van der Waals surface area contributed by atoms with E-state index in [2.05, 4.69) is 36.8 Å². The molecular weight excluding hydrogens is 250 g/mol. The largest absolute Gasteiger partial charge is 0.383 e. The van der Waals surface area contributed by atoms with Crippen LogP contribution in [0, 0.1) is 17.2 Å². The zero-order valence-electron chi connectivity index (χ0n) is 12.8. The van der Waals surface area contributed by atoms with Crippen molar-refractivity contribution in [2.24, 2.45) is 5.92 Å². The standard InChI is InChI=1S/C15H25N5/c1-4-12(5-2)20-14(17)13(9-16)15(18-20)19-8-6-7-11(3)10-19/h11-12H,4-8,10,17H2,1-3H3. The number of hydrogen-bond donors (Lipinski definition) is 1. The molecule has 0 aromatic carbocycles. The Bertz CT molecular complexity index is 495. The van der Waals surface area contributed by atoms with Crippen molar-refractivity contribution in [1.82, 2.24) is 9.78 Å². The summed E-state index contributed by atoms with van der Waals surface area (Å²) < 4.78 is 1.85. The summed E-state index contributed by atoms with van der Waals surface area (Å²) in [6.07, 6.45) is 4.36. The van der Waals surface area contributed by atoms with Gasteiger partial charge in [-0.05, 0) is 31.6 Å². The number of anilines is 2. The van der Waals surface area contributed by atoms with Gasteiger partial charge in [0.25, 0.3) is 0 Å². The van der Waals surface area contributed by atoms with Crippen LogP contribution in [0.4, 0.5) is 11.6 Å². The number of nitrogens with zero attached hydrogens (tertiary/aromatic N) is 4. The van der Waals surface area contributed by atoms with Crippen LogP contribution in [0.2, 0.25) is 0 Å². The molecule has 1 saturated heterocycles. The first-order valence-electron chi connectivity index (χ1n) is 7.65. The molecule has 1 atom stereocenters. The molecular formula is C15H25N5. The fraction of sp³-hybridized carbons (Fsp3) is 0.733. The smallest absolute Gasteiger partial charge is 0.170 e. The van der Waals surface area contributed by atoms with Crippen molar-refractivity contribution in [3.63, 3.8) is 0 Å². The maximum atomic E-state index is 9.43. The highest BCUT2D eigenvalue weighted by Gasteiger charge is 2.26. The first-order valence-corrected chi connectivity index (χ1v) is 7.65. The Labute approximate surface area is 121 Å². The summed E-state index contributed by atoms with van der Waals surface area (Å²) in [5.41, 5.74) is 6.71. The highest BCUT2D eigenvalue weighted by molar-refractivity contribution is 5.65. The minimum atomic E-state index is 0.276. The topological polar surface area (TPSA) is 70.9 Å². The summed E-state index contributed by atoms with van der Waals surface area (Å²) in [6.45, 7) is 8.44. The van der Waals surface area contributed by atoms with E-state index in [9.17, 15) is 5.26 Å². The van der Waals surface area contributed by atoms with Crippen LogP contribution in [0.3, 0.4) is 0 Å². The number of hydrogen-bond acceptors (Lipinski definition) is 4. The van der Waals surface area contributed by atoms with Crippen LogP contribution >= 0.6 is 0 Å². The van der Waals surface area contributed by atoms with Crippen LogP contribution in [-0.2, 0) is 0 Å². The lowest BCUT2D eigenvalue weighted by atomic mass is 10.0. The zero-order chi connectivity index (χ0) is 14.7. The van der Waals surface area contributed by atoms with Gasteiger partial charge in [0, 0.05) is 13.1 Å². The molecule has 1 aliphatic rings. The van der Waals surface area contributed by atoms with Gasteiger partial charge in [0.15, 0.2) is 5.82 Å². The molecule has 1 aromatic rings. The van der Waals surface area contributed by atoms with Crippen molar-refractivity contribution >= 4 is 11.6 Å². The molecule has 0 aliphatic carbocycles. The van der Waals surface area contributed by atoms with Crippen LogP contribution in [0.5, 0.6) is 0 Å². The van der Waals surface area contributed by atoms with Gasteiger partial charge in [-0.15, -0.1) is 0 Å². The molecule has 1 aromatic heterocycles. The Balaban J connectivity index is 2.38. The molecule has 110 valence electrons. The molecule has 2 heterocycles. The van der Waals surface area contributed by atoms with Crippen molar-refractivity contribution in [1.29, 1.82) is 5.26 Å². The Morgan fingerprint density at radius 3 is 2.70 bits per heavy atom. The summed E-state index contributed by atoms with van der Waals surface area (Å²) in [6, 6.07) is 2.53. The third-order valence-electron chi connectivity index (χ3n) is 4.29. The summed E-state index contributed by atoms with van der Waals surface area (Å²) in [5, 5.41) is 14.1. The second-order valence-electron chi connectivity index (χ2n) is 5.80. The van der Waals surface area contributed by atoms with E-state index in [4.69, 9.17) is 5.73 Å². The molecule has 0 amide bonds. The minimum Gasteiger partial charge on any atom is -0.383 e. The van der Waals surface area contributed by atoms with E-state index in [0.717, 1.165) is 38.2 Å². The predicted molar refractivity (Wildman–Crippen MR) is 81.6 cm³/mol. The van der Waals surface area contributed by atoms with Gasteiger partial charge in [0.05, 0.1) is 6.04 Å². The quantitative estimate of drug-likeness (QED) is 0.917. The van der Waals surface area contributed by atoms with Crippen LogP contribution in [0.15, 0.2) is 0 Å². The molecule has 20 heavy (non-hydrogen) atoms. The van der Waals surface area contributed by atoms with E-state index in [1.807, 2.05) is 4.68 Å². The highest BCUT2D eigenvalue weighted by atomic mass is 15.4. The van der Waals surface area contributed by atoms with Crippen molar-refractivity contribution < 1.29 is 0 Å². The van der Waals surface area contributed by atoms with Gasteiger partial charge in [0.1, 0.15) is 17.5 Å². The van der Waals surface area contributed by atoms with Crippen molar-refractivity contribution in [3.05, 3.63) is 5.56 Å². The lowest BCUT2D eigenvalue weighted by molar-refractivity contribution is 0.422. The molecule has 0 saturated carbocycles. The van der Waals surface area contributed by atoms with Crippen LogP contribution < -0.4 is 10.6 Å². The average molecular weight is 275 g/mol. The Morgan fingerprint density at radius 1 is 1.45 bits per heavy atom. The fourth-order valence-electron chi connectivity index (χ4n) is 3.06. The number of rotatable bonds is 4. The Morgan fingerprint density at radius 2 is 2.15 bits per heavy atom. The summed E-state index contributed by atoms with van der Waals surface area (Å²) in [4.78, 5) is 2.22. The molecule has 1 fully saturated rings. The summed E-state index contributed by atoms with van der Waals surface area (Å²) in [7, 11) is 0. The van der Waals surface area contributed by atoms with Crippen molar-refractivity contribution in [2.45, 2.75) is 52.5 Å². The fourth-order valence-corrected chi connectivity index (χ4v) is 3.06. The van der Waals surface area contributed by atoms with Gasteiger partial charge in [0.2, 0.25) is 0 Å². The predicted octanol–water partition coefficient (Wildman–Crippen LogP) is 2.93. The molecule has 0 radical (unpaired) electrons. The number of aromatic nitrogens is 2. The molecule has 0 bridgehead atoms. The number of nitriles is 1. The lowest BCUT2D eigenvalue weighted by Gasteiger charge is -2.31. The molecule has 1 unspecified atom stereocenters. The van der Waals surface area contributed by atoms with Gasteiger partial charge in [-0.3, -0.25) is 0 Å². The van der Waals surface area contributed by atoms with E-state index in [0.29, 0.717) is 17.3 Å². The van der Waals surface area contributed by atoms with Crippen molar-refractivity contribution in [3.8, 4) is 6.07 Å². The van der Waals surface area contributed by atoms with Crippen LogP contribution in [0.25, 0.3) is 0 Å². The molecule has 5 heteroatoms. The Kier molecular flexibility index (Phi) is 4.53. The van der Waals surface area contributed by atoms with Gasteiger partial charge in [-0.1, -0.05) is 20.8 Å². The molecule has 5 nitrogen and oxygen atoms in total. The van der Waals surface area contributed by atoms with Gasteiger partial charge in [-0.25, -0.2) is 4.68 Å². The lowest BCUT2D eigenvalue weighted by Crippen LogP contribution is -2.35. The van der Waals surface area contributed by atoms with Crippen molar-refractivity contribution in [2.75, 3.05) is 23.7 Å². The normalized spacial score (nSPS) is 19.4. The number of nitrogen functional groups attached to an aromatic ring is 1. The highest BCUT2D eigenvalue weighted by Crippen LogP contribution is 2.31. The van der Waals surface area contributed by atoms with E-state index in [-0.39, 0.29) is 6.04 Å². The second kappa shape index (κ2) is 6.17. The first-order chi connectivity index (χ1) is 9.62.